The molecule has 186 valence electrons. The van der Waals surface area contributed by atoms with Crippen LogP contribution < -0.4 is 10.9 Å². The van der Waals surface area contributed by atoms with Crippen LogP contribution in [0.1, 0.15) is 66.1 Å². The number of halogens is 1. The van der Waals surface area contributed by atoms with Crippen LogP contribution in [0.3, 0.4) is 0 Å². The highest BCUT2D eigenvalue weighted by atomic mass is 35.5. The molecule has 0 amide bonds. The molecule has 1 aliphatic carbocycles. The highest BCUT2D eigenvalue weighted by Gasteiger charge is 2.52. The lowest BCUT2D eigenvalue weighted by Crippen LogP contribution is -2.51. The topological polar surface area (TPSA) is 106 Å². The lowest BCUT2D eigenvalue weighted by atomic mass is 9.66. The van der Waals surface area contributed by atoms with Crippen molar-refractivity contribution < 1.29 is 14.6 Å². The van der Waals surface area contributed by atoms with Crippen LogP contribution in [-0.4, -0.2) is 32.2 Å². The molecule has 9 heteroatoms. The Bertz CT molecular complexity index is 1480. The maximum Gasteiger partial charge on any atom is 0.356 e. The number of nitrogens with one attached hydrogen (secondary N) is 1. The highest BCUT2D eigenvalue weighted by molar-refractivity contribution is 6.29. The summed E-state index contributed by atoms with van der Waals surface area (Å²) >= 11 is 5.91. The van der Waals surface area contributed by atoms with E-state index in [-0.39, 0.29) is 27.9 Å². The zero-order valence-electron chi connectivity index (χ0n) is 20.4. The normalized spacial score (nSPS) is 23.9. The van der Waals surface area contributed by atoms with Crippen molar-refractivity contribution in [2.24, 2.45) is 12.5 Å². The van der Waals surface area contributed by atoms with Gasteiger partial charge in [0.15, 0.2) is 5.69 Å². The Kier molecular flexibility index (Phi) is 5.81. The number of benzene rings is 1. The predicted molar refractivity (Wildman–Crippen MR) is 137 cm³/mol. The number of ether oxygens (including phenoxy) is 1. The first-order chi connectivity index (χ1) is 17.1. The Morgan fingerprint density at radius 2 is 2.00 bits per heavy atom. The number of carboxylic acids is 1. The second-order valence-corrected chi connectivity index (χ2v) is 10.3. The molecule has 2 bridgehead atoms. The maximum absolute atomic E-state index is 13.6. The van der Waals surface area contributed by atoms with Crippen molar-refractivity contribution in [3.63, 3.8) is 0 Å². The highest BCUT2D eigenvalue weighted by Crippen LogP contribution is 2.52. The van der Waals surface area contributed by atoms with Crippen molar-refractivity contribution in [1.82, 2.24) is 14.5 Å². The minimum absolute atomic E-state index is 0.0921. The van der Waals surface area contributed by atoms with E-state index < -0.39 is 11.6 Å². The number of fused-ring (bicyclic) bond motifs is 4. The van der Waals surface area contributed by atoms with Gasteiger partial charge < -0.3 is 15.2 Å². The predicted octanol–water partition coefficient (Wildman–Crippen LogP) is 4.58. The summed E-state index contributed by atoms with van der Waals surface area (Å²) in [6.07, 6.45) is 8.87. The van der Waals surface area contributed by atoms with Gasteiger partial charge in [0.2, 0.25) is 0 Å². The Labute approximate surface area is 213 Å². The molecule has 3 aromatic rings. The monoisotopic (exact) mass is 506 g/mol. The van der Waals surface area contributed by atoms with Crippen LogP contribution in [0, 0.1) is 24.7 Å². The molecular weight excluding hydrogens is 480 g/mol. The molecule has 36 heavy (non-hydrogen) atoms. The largest absolute Gasteiger partial charge is 0.476 e. The molecule has 3 fully saturated rings. The van der Waals surface area contributed by atoms with Crippen molar-refractivity contribution >= 4 is 34.2 Å². The third-order valence-corrected chi connectivity index (χ3v) is 7.82. The Morgan fingerprint density at radius 1 is 1.28 bits per heavy atom. The van der Waals surface area contributed by atoms with E-state index in [0.29, 0.717) is 41.9 Å². The van der Waals surface area contributed by atoms with E-state index >= 15 is 0 Å². The zero-order chi connectivity index (χ0) is 25.8. The number of rotatable bonds is 5. The Balaban J connectivity index is 1.62. The first-order valence-electron chi connectivity index (χ1n) is 11.9. The van der Waals surface area contributed by atoms with Crippen molar-refractivity contribution in [3.8, 4) is 12.3 Å². The summed E-state index contributed by atoms with van der Waals surface area (Å²) in [4.78, 5) is 34.3. The summed E-state index contributed by atoms with van der Waals surface area (Å²) in [7, 11) is 1.74. The van der Waals surface area contributed by atoms with E-state index in [2.05, 4.69) is 16.2 Å². The molecule has 0 spiro atoms. The lowest BCUT2D eigenvalue weighted by molar-refractivity contribution is -0.176. The Hall–Kier alpha value is -3.41. The average Bonchev–Trinajstić information content (AvgIpc) is 2.88. The maximum atomic E-state index is 13.6. The molecule has 3 aliphatic rings. The second kappa shape index (κ2) is 8.61. The van der Waals surface area contributed by atoms with Crippen molar-refractivity contribution in [3.05, 3.63) is 62.4 Å². The zero-order valence-corrected chi connectivity index (χ0v) is 21.1. The van der Waals surface area contributed by atoms with E-state index in [0.717, 1.165) is 24.0 Å². The number of hydrogen-bond acceptors (Lipinski definition) is 6. The van der Waals surface area contributed by atoms with Crippen LogP contribution in [0.5, 0.6) is 0 Å². The van der Waals surface area contributed by atoms with Gasteiger partial charge in [-0.15, -0.1) is 6.42 Å². The van der Waals surface area contributed by atoms with Crippen molar-refractivity contribution in [2.45, 2.75) is 51.2 Å². The average molecular weight is 507 g/mol. The number of anilines is 1. The number of aromatic carboxylic acids is 1. The van der Waals surface area contributed by atoms with Gasteiger partial charge in [0, 0.05) is 12.6 Å². The fraction of sp³-hybridized carbons (Fsp3) is 0.407. The summed E-state index contributed by atoms with van der Waals surface area (Å²) in [5, 5.41) is 13.4. The number of aromatic nitrogens is 3. The molecule has 2 aliphatic heterocycles. The molecular formula is C27H27ClN4O4. The van der Waals surface area contributed by atoms with Crippen LogP contribution in [0.4, 0.5) is 5.69 Å². The third kappa shape index (κ3) is 3.83. The molecule has 1 aromatic carbocycles. The molecule has 2 N–H and O–H groups in total. The molecule has 1 atom stereocenters. The fourth-order valence-corrected chi connectivity index (χ4v) is 5.63. The van der Waals surface area contributed by atoms with Crippen molar-refractivity contribution in [2.75, 3.05) is 11.9 Å². The third-order valence-electron chi connectivity index (χ3n) is 7.61. The number of nitrogens with zero attached hydrogens (tertiary/aromatic N) is 3. The molecule has 0 unspecified atom stereocenters. The van der Waals surface area contributed by atoms with Gasteiger partial charge in [0.1, 0.15) is 16.6 Å². The number of aryl methyl sites for hydroxylation is 1. The first kappa shape index (κ1) is 24.3. The molecule has 4 heterocycles. The molecule has 2 saturated heterocycles. The SMILES string of the molecule is C#CC12CCC(c3nc4c([C@@H](C)Nc5ccc(Cl)nc5C(=O)O)cc(C)cc4c(=O)n3C)(CC1)OC2. The van der Waals surface area contributed by atoms with E-state index in [9.17, 15) is 14.7 Å². The summed E-state index contributed by atoms with van der Waals surface area (Å²) in [6, 6.07) is 6.53. The number of hydrogen-bond donors (Lipinski definition) is 2. The van der Waals surface area contributed by atoms with E-state index in [1.165, 1.54) is 6.07 Å². The van der Waals surface area contributed by atoms with E-state index in [1.54, 1.807) is 17.7 Å². The van der Waals surface area contributed by atoms with Gasteiger partial charge in [0.05, 0.1) is 34.7 Å². The van der Waals surface area contributed by atoms with Gasteiger partial charge in [0.25, 0.3) is 5.56 Å². The minimum atomic E-state index is -1.19. The fourth-order valence-electron chi connectivity index (χ4n) is 5.49. The summed E-state index contributed by atoms with van der Waals surface area (Å²) in [5.74, 6) is 2.33. The van der Waals surface area contributed by atoms with Gasteiger partial charge in [-0.2, -0.15) is 0 Å². The Morgan fingerprint density at radius 3 is 2.61 bits per heavy atom. The van der Waals surface area contributed by atoms with Crippen LogP contribution >= 0.6 is 11.6 Å². The molecule has 6 rings (SSSR count). The summed E-state index contributed by atoms with van der Waals surface area (Å²) in [6.45, 7) is 4.27. The van der Waals surface area contributed by atoms with E-state index in [1.807, 2.05) is 26.0 Å². The van der Waals surface area contributed by atoms with Crippen LogP contribution in [-0.2, 0) is 17.4 Å². The standard InChI is InChI=1S/C27H27ClN4O4/c1-5-26-8-10-27(11-9-26,36-14-26)25-31-21-17(12-15(2)13-18(21)23(33)32(25)4)16(3)29-19-6-7-20(28)30-22(19)24(34)35/h1,6-7,12-13,16,29H,8-11,14H2,2-4H3,(H,34,35)/t16-,26?,27?/m1/s1. The molecule has 0 radical (unpaired) electrons. The van der Waals surface area contributed by atoms with Gasteiger partial charge in [-0.3, -0.25) is 9.36 Å². The molecule has 2 aromatic heterocycles. The van der Waals surface area contributed by atoms with Crippen LogP contribution in [0.15, 0.2) is 29.1 Å². The molecule has 1 saturated carbocycles. The van der Waals surface area contributed by atoms with E-state index in [4.69, 9.17) is 27.7 Å². The van der Waals surface area contributed by atoms with Gasteiger partial charge in [-0.05, 0) is 63.3 Å². The second-order valence-electron chi connectivity index (χ2n) is 9.96. The van der Waals surface area contributed by atoms with Gasteiger partial charge in [-0.25, -0.2) is 14.8 Å². The summed E-state index contributed by atoms with van der Waals surface area (Å²) in [5.41, 5.74) is 1.35. The summed E-state index contributed by atoms with van der Waals surface area (Å²) < 4.78 is 7.94. The first-order valence-corrected chi connectivity index (χ1v) is 12.3. The minimum Gasteiger partial charge on any atom is -0.476 e. The van der Waals surface area contributed by atoms with Gasteiger partial charge >= 0.3 is 5.97 Å². The number of terminal acetylenes is 1. The lowest BCUT2D eigenvalue weighted by Gasteiger charge is -2.50. The van der Waals surface area contributed by atoms with Crippen molar-refractivity contribution in [1.29, 1.82) is 0 Å². The number of pyridine rings is 1. The van der Waals surface area contributed by atoms with Crippen LogP contribution in [0.25, 0.3) is 10.9 Å². The van der Waals surface area contributed by atoms with Gasteiger partial charge in [-0.1, -0.05) is 23.6 Å². The smallest absolute Gasteiger partial charge is 0.356 e. The van der Waals surface area contributed by atoms with Crippen LogP contribution in [0.2, 0.25) is 5.15 Å². The quantitative estimate of drug-likeness (QED) is 0.385. The number of carboxylic acid groups (broad SMARTS) is 1. The number of carbonyl (C=O) groups is 1. The molecule has 8 nitrogen and oxygen atoms in total.